The number of carbonyl (C=O) groups is 1. The zero-order chi connectivity index (χ0) is 17.5. The molecular formula is C19H16N4O2. The van der Waals surface area contributed by atoms with Gasteiger partial charge < -0.3 is 10.1 Å². The molecule has 0 bridgehead atoms. The van der Waals surface area contributed by atoms with E-state index in [9.17, 15) is 4.79 Å². The summed E-state index contributed by atoms with van der Waals surface area (Å²) < 4.78 is 5.61. The summed E-state index contributed by atoms with van der Waals surface area (Å²) >= 11 is 0. The van der Waals surface area contributed by atoms with Crippen LogP contribution in [0.5, 0.6) is 5.75 Å². The van der Waals surface area contributed by atoms with E-state index in [2.05, 4.69) is 21.4 Å². The van der Waals surface area contributed by atoms with E-state index in [1.54, 1.807) is 24.5 Å². The first-order chi connectivity index (χ1) is 12.3. The van der Waals surface area contributed by atoms with Gasteiger partial charge in [-0.3, -0.25) is 9.78 Å². The van der Waals surface area contributed by atoms with Gasteiger partial charge in [0.05, 0.1) is 12.7 Å². The molecule has 0 saturated heterocycles. The van der Waals surface area contributed by atoms with Gasteiger partial charge in [-0.25, -0.2) is 4.98 Å². The number of anilines is 1. The number of nitriles is 1. The van der Waals surface area contributed by atoms with Gasteiger partial charge in [-0.05, 0) is 30.0 Å². The molecule has 2 heterocycles. The van der Waals surface area contributed by atoms with Crippen molar-refractivity contribution >= 4 is 22.5 Å². The molecule has 1 amide bonds. The van der Waals surface area contributed by atoms with Gasteiger partial charge in [-0.1, -0.05) is 24.3 Å². The Morgan fingerprint density at radius 3 is 2.88 bits per heavy atom. The van der Waals surface area contributed by atoms with E-state index in [1.807, 2.05) is 30.3 Å². The average molecular weight is 332 g/mol. The van der Waals surface area contributed by atoms with E-state index in [1.165, 1.54) is 0 Å². The number of ether oxygens (including phenoxy) is 1. The molecule has 0 radical (unpaired) electrons. The number of unbranched alkanes of at least 4 members (excludes halogenated alkanes) is 1. The molecule has 0 aliphatic carbocycles. The van der Waals surface area contributed by atoms with Crippen LogP contribution in [-0.4, -0.2) is 22.5 Å². The number of nitrogens with zero attached hydrogens (tertiary/aromatic N) is 3. The molecule has 3 rings (SSSR count). The van der Waals surface area contributed by atoms with Crippen molar-refractivity contribution in [1.29, 1.82) is 5.26 Å². The number of fused-ring (bicyclic) bond motifs is 1. The van der Waals surface area contributed by atoms with Gasteiger partial charge in [0.15, 0.2) is 11.6 Å². The molecule has 0 atom stereocenters. The molecule has 6 heteroatoms. The number of pyridine rings is 2. The minimum atomic E-state index is -0.350. The fourth-order valence-electron chi connectivity index (χ4n) is 2.40. The summed E-state index contributed by atoms with van der Waals surface area (Å²) in [5.41, 5.74) is 0.333. The third kappa shape index (κ3) is 3.90. The van der Waals surface area contributed by atoms with E-state index >= 15 is 0 Å². The Balaban J connectivity index is 1.80. The maximum absolute atomic E-state index is 12.6. The molecule has 6 nitrogen and oxygen atoms in total. The lowest BCUT2D eigenvalue weighted by molar-refractivity contribution is 0.102. The molecule has 0 unspecified atom stereocenters. The van der Waals surface area contributed by atoms with Crippen molar-refractivity contribution in [3.63, 3.8) is 0 Å². The third-order valence-electron chi connectivity index (χ3n) is 3.58. The van der Waals surface area contributed by atoms with Gasteiger partial charge in [-0.15, -0.1) is 0 Å². The van der Waals surface area contributed by atoms with Crippen molar-refractivity contribution in [3.8, 4) is 11.8 Å². The standard InChI is InChI=1S/C19H16N4O2/c20-10-3-4-13-25-16-8-5-11-22-18(16)23-19(24)17-15-7-2-1-6-14(15)9-12-21-17/h1-2,5-9,11-12H,3-4,13H2,(H,22,23,24). The predicted molar refractivity (Wildman–Crippen MR) is 94.3 cm³/mol. The lowest BCUT2D eigenvalue weighted by Crippen LogP contribution is -2.16. The predicted octanol–water partition coefficient (Wildman–Crippen LogP) is 3.56. The quantitative estimate of drug-likeness (QED) is 0.697. The number of hydrogen-bond acceptors (Lipinski definition) is 5. The Morgan fingerprint density at radius 2 is 2.00 bits per heavy atom. The fraction of sp³-hybridized carbons (Fsp3) is 0.158. The normalized spacial score (nSPS) is 10.2. The number of benzene rings is 1. The minimum Gasteiger partial charge on any atom is -0.490 e. The van der Waals surface area contributed by atoms with Gasteiger partial charge in [0, 0.05) is 24.2 Å². The van der Waals surface area contributed by atoms with Crippen molar-refractivity contribution in [2.24, 2.45) is 0 Å². The van der Waals surface area contributed by atoms with Gasteiger partial charge in [0.2, 0.25) is 0 Å². The van der Waals surface area contributed by atoms with Gasteiger partial charge in [0.25, 0.3) is 5.91 Å². The smallest absolute Gasteiger partial charge is 0.276 e. The number of carbonyl (C=O) groups excluding carboxylic acids is 1. The zero-order valence-corrected chi connectivity index (χ0v) is 13.5. The van der Waals surface area contributed by atoms with Crippen LogP contribution in [0.1, 0.15) is 23.3 Å². The highest BCUT2D eigenvalue weighted by Crippen LogP contribution is 2.23. The number of hydrogen-bond donors (Lipinski definition) is 1. The molecular weight excluding hydrogens is 316 g/mol. The average Bonchev–Trinajstić information content (AvgIpc) is 2.66. The maximum Gasteiger partial charge on any atom is 0.276 e. The summed E-state index contributed by atoms with van der Waals surface area (Å²) in [5.74, 6) is 0.450. The Hall–Kier alpha value is -3.46. The number of nitrogens with one attached hydrogen (secondary N) is 1. The lowest BCUT2D eigenvalue weighted by atomic mass is 10.1. The second kappa shape index (κ2) is 7.88. The Labute approximate surface area is 145 Å². The number of rotatable bonds is 6. The molecule has 1 N–H and O–H groups in total. The second-order valence-electron chi connectivity index (χ2n) is 5.30. The van der Waals surface area contributed by atoms with Gasteiger partial charge >= 0.3 is 0 Å². The Morgan fingerprint density at radius 1 is 1.12 bits per heavy atom. The van der Waals surface area contributed by atoms with Crippen LogP contribution in [-0.2, 0) is 0 Å². The highest BCUT2D eigenvalue weighted by atomic mass is 16.5. The first kappa shape index (κ1) is 16.4. The lowest BCUT2D eigenvalue weighted by Gasteiger charge is -2.11. The van der Waals surface area contributed by atoms with Crippen LogP contribution >= 0.6 is 0 Å². The van der Waals surface area contributed by atoms with Crippen LogP contribution in [0.2, 0.25) is 0 Å². The van der Waals surface area contributed by atoms with Crippen LogP contribution in [0.25, 0.3) is 10.8 Å². The summed E-state index contributed by atoms with van der Waals surface area (Å²) in [7, 11) is 0. The number of amides is 1. The van der Waals surface area contributed by atoms with Crippen LogP contribution in [0.15, 0.2) is 54.9 Å². The summed E-state index contributed by atoms with van der Waals surface area (Å²) in [6, 6.07) is 14.9. The van der Waals surface area contributed by atoms with Crippen molar-refractivity contribution in [2.45, 2.75) is 12.8 Å². The largest absolute Gasteiger partial charge is 0.490 e. The van der Waals surface area contributed by atoms with Crippen molar-refractivity contribution in [1.82, 2.24) is 9.97 Å². The Kier molecular flexibility index (Phi) is 5.17. The van der Waals surface area contributed by atoms with E-state index in [0.29, 0.717) is 36.7 Å². The third-order valence-corrected chi connectivity index (χ3v) is 3.58. The SMILES string of the molecule is N#CCCCOc1cccnc1NC(=O)c1nccc2ccccc12. The van der Waals surface area contributed by atoms with E-state index < -0.39 is 0 Å². The molecule has 1 aromatic carbocycles. The topological polar surface area (TPSA) is 87.9 Å². The van der Waals surface area contributed by atoms with Gasteiger partial charge in [-0.2, -0.15) is 5.26 Å². The van der Waals surface area contributed by atoms with Crippen LogP contribution in [0.4, 0.5) is 5.82 Å². The molecule has 0 fully saturated rings. The van der Waals surface area contributed by atoms with Gasteiger partial charge in [0.1, 0.15) is 5.69 Å². The zero-order valence-electron chi connectivity index (χ0n) is 13.5. The highest BCUT2D eigenvalue weighted by molar-refractivity contribution is 6.11. The van der Waals surface area contributed by atoms with E-state index in [0.717, 1.165) is 10.8 Å². The molecule has 124 valence electrons. The second-order valence-corrected chi connectivity index (χ2v) is 5.30. The summed E-state index contributed by atoms with van der Waals surface area (Å²) in [4.78, 5) is 21.0. The first-order valence-corrected chi connectivity index (χ1v) is 7.89. The summed E-state index contributed by atoms with van der Waals surface area (Å²) in [6.45, 7) is 0.384. The van der Waals surface area contributed by atoms with Crippen LogP contribution in [0.3, 0.4) is 0 Å². The molecule has 0 saturated carbocycles. The highest BCUT2D eigenvalue weighted by Gasteiger charge is 2.14. The molecule has 0 spiro atoms. The maximum atomic E-state index is 12.6. The Bertz CT molecular complexity index is 929. The molecule has 25 heavy (non-hydrogen) atoms. The first-order valence-electron chi connectivity index (χ1n) is 7.89. The van der Waals surface area contributed by atoms with E-state index in [4.69, 9.17) is 10.00 Å². The molecule has 2 aromatic heterocycles. The molecule has 3 aromatic rings. The van der Waals surface area contributed by atoms with Crippen LogP contribution in [0, 0.1) is 11.3 Å². The van der Waals surface area contributed by atoms with E-state index in [-0.39, 0.29) is 5.91 Å². The monoisotopic (exact) mass is 332 g/mol. The van der Waals surface area contributed by atoms with Crippen LogP contribution < -0.4 is 10.1 Å². The molecule has 0 aliphatic heterocycles. The minimum absolute atomic E-state index is 0.333. The van der Waals surface area contributed by atoms with Crippen molar-refractivity contribution in [3.05, 3.63) is 60.6 Å². The number of aromatic nitrogens is 2. The summed E-state index contributed by atoms with van der Waals surface area (Å²) in [5, 5.41) is 13.0. The van der Waals surface area contributed by atoms with Crippen molar-refractivity contribution in [2.75, 3.05) is 11.9 Å². The fourth-order valence-corrected chi connectivity index (χ4v) is 2.40. The summed E-state index contributed by atoms with van der Waals surface area (Å²) in [6.07, 6.45) is 4.22. The van der Waals surface area contributed by atoms with Crippen molar-refractivity contribution < 1.29 is 9.53 Å². The molecule has 0 aliphatic rings.